The summed E-state index contributed by atoms with van der Waals surface area (Å²) in [5.74, 6) is 0.367. The monoisotopic (exact) mass is 383 g/mol. The Bertz CT molecular complexity index is 968. The molecule has 0 saturated carbocycles. The van der Waals surface area contributed by atoms with E-state index in [1.165, 1.54) is 16.8 Å². The summed E-state index contributed by atoms with van der Waals surface area (Å²) in [6.45, 7) is 2.68. The summed E-state index contributed by atoms with van der Waals surface area (Å²) in [6, 6.07) is 6.35. The molecule has 146 valence electrons. The number of nitrogens with zero attached hydrogens (tertiary/aromatic N) is 5. The summed E-state index contributed by atoms with van der Waals surface area (Å²) < 4.78 is 11.7. The van der Waals surface area contributed by atoms with Crippen molar-refractivity contribution in [3.63, 3.8) is 0 Å². The van der Waals surface area contributed by atoms with E-state index in [-0.39, 0.29) is 17.9 Å². The summed E-state index contributed by atoms with van der Waals surface area (Å²) in [7, 11) is 0. The molecule has 0 radical (unpaired) electrons. The van der Waals surface area contributed by atoms with Gasteiger partial charge in [-0.3, -0.25) is 9.78 Å². The predicted octanol–water partition coefficient (Wildman–Crippen LogP) is 2.28. The smallest absolute Gasteiger partial charge is 0.358 e. The van der Waals surface area contributed by atoms with Gasteiger partial charge in [-0.25, -0.2) is 9.48 Å². The van der Waals surface area contributed by atoms with E-state index >= 15 is 0 Å². The van der Waals surface area contributed by atoms with Crippen LogP contribution in [-0.2, 0) is 17.7 Å². The standard InChI is InChI=1S/C19H21N5O4/c1-2-3-11-24-17(25)9-8-15(22-24)19(26)27-12-5-7-16-21-18(23-28-16)14-6-4-10-20-13-14/h4,6,8-10,13H,2-3,5,7,11-12H2,1H3. The lowest BCUT2D eigenvalue weighted by atomic mass is 10.3. The summed E-state index contributed by atoms with van der Waals surface area (Å²) in [4.78, 5) is 32.2. The fourth-order valence-corrected chi connectivity index (χ4v) is 2.46. The molecule has 0 N–H and O–H groups in total. The van der Waals surface area contributed by atoms with E-state index in [1.807, 2.05) is 13.0 Å². The normalized spacial score (nSPS) is 10.8. The zero-order chi connectivity index (χ0) is 19.8. The Morgan fingerprint density at radius 2 is 2.14 bits per heavy atom. The van der Waals surface area contributed by atoms with Crippen molar-refractivity contribution < 1.29 is 14.1 Å². The Labute approximate surface area is 161 Å². The average Bonchev–Trinajstić information content (AvgIpc) is 3.20. The fourth-order valence-electron chi connectivity index (χ4n) is 2.46. The molecule has 0 saturated heterocycles. The second-order valence-electron chi connectivity index (χ2n) is 6.13. The van der Waals surface area contributed by atoms with Gasteiger partial charge in [-0.2, -0.15) is 10.1 Å². The number of hydrogen-bond donors (Lipinski definition) is 0. The van der Waals surface area contributed by atoms with Crippen LogP contribution in [0.3, 0.4) is 0 Å². The molecule has 0 atom stereocenters. The minimum absolute atomic E-state index is 0.118. The molecule has 28 heavy (non-hydrogen) atoms. The van der Waals surface area contributed by atoms with Crippen molar-refractivity contribution in [3.05, 3.63) is 58.6 Å². The number of pyridine rings is 1. The van der Waals surface area contributed by atoms with Crippen molar-refractivity contribution >= 4 is 5.97 Å². The lowest BCUT2D eigenvalue weighted by Gasteiger charge is -2.06. The molecule has 3 aromatic rings. The van der Waals surface area contributed by atoms with Gasteiger partial charge in [0.15, 0.2) is 5.69 Å². The zero-order valence-electron chi connectivity index (χ0n) is 15.6. The summed E-state index contributed by atoms with van der Waals surface area (Å²) >= 11 is 0. The molecule has 0 aliphatic carbocycles. The summed E-state index contributed by atoms with van der Waals surface area (Å²) in [6.07, 6.45) is 6.07. The highest BCUT2D eigenvalue weighted by molar-refractivity contribution is 5.86. The van der Waals surface area contributed by atoms with E-state index in [4.69, 9.17) is 9.26 Å². The van der Waals surface area contributed by atoms with Gasteiger partial charge in [0.05, 0.1) is 6.61 Å². The van der Waals surface area contributed by atoms with Crippen LogP contribution < -0.4 is 5.56 Å². The first-order valence-electron chi connectivity index (χ1n) is 9.15. The number of aromatic nitrogens is 5. The Balaban J connectivity index is 1.48. The van der Waals surface area contributed by atoms with Crippen LogP contribution in [0.2, 0.25) is 0 Å². The van der Waals surface area contributed by atoms with Crippen molar-refractivity contribution in [1.29, 1.82) is 0 Å². The van der Waals surface area contributed by atoms with Crippen molar-refractivity contribution in [2.24, 2.45) is 0 Å². The third-order valence-electron chi connectivity index (χ3n) is 3.96. The quantitative estimate of drug-likeness (QED) is 0.408. The molecule has 0 spiro atoms. The molecule has 0 unspecified atom stereocenters. The number of carbonyl (C=O) groups is 1. The Hall–Kier alpha value is -3.36. The number of carbonyl (C=O) groups excluding carboxylic acids is 1. The molecule has 3 aromatic heterocycles. The van der Waals surface area contributed by atoms with Crippen LogP contribution in [0, 0.1) is 0 Å². The SMILES string of the molecule is CCCCn1nc(C(=O)OCCCc2nc(-c3cccnc3)no2)ccc1=O. The number of hydrogen-bond acceptors (Lipinski definition) is 8. The Morgan fingerprint density at radius 3 is 2.93 bits per heavy atom. The van der Waals surface area contributed by atoms with Gasteiger partial charge in [0.25, 0.3) is 5.56 Å². The van der Waals surface area contributed by atoms with Gasteiger partial charge in [0.1, 0.15) is 0 Å². The van der Waals surface area contributed by atoms with Gasteiger partial charge < -0.3 is 9.26 Å². The maximum absolute atomic E-state index is 12.1. The van der Waals surface area contributed by atoms with E-state index in [0.717, 1.165) is 18.4 Å². The van der Waals surface area contributed by atoms with Crippen LogP contribution in [0.5, 0.6) is 0 Å². The molecular formula is C19H21N5O4. The third kappa shape index (κ3) is 5.09. The minimum atomic E-state index is -0.563. The highest BCUT2D eigenvalue weighted by Gasteiger charge is 2.12. The topological polar surface area (TPSA) is 113 Å². The van der Waals surface area contributed by atoms with E-state index in [2.05, 4.69) is 20.2 Å². The minimum Gasteiger partial charge on any atom is -0.461 e. The Morgan fingerprint density at radius 1 is 1.25 bits per heavy atom. The second kappa shape index (κ2) is 9.54. The fraction of sp³-hybridized carbons (Fsp3) is 0.368. The van der Waals surface area contributed by atoms with Crippen molar-refractivity contribution in [3.8, 4) is 11.4 Å². The van der Waals surface area contributed by atoms with Crippen LogP contribution in [0.4, 0.5) is 0 Å². The highest BCUT2D eigenvalue weighted by atomic mass is 16.5. The molecule has 3 rings (SSSR count). The van der Waals surface area contributed by atoms with Crippen LogP contribution >= 0.6 is 0 Å². The van der Waals surface area contributed by atoms with Gasteiger partial charge in [-0.05, 0) is 31.0 Å². The van der Waals surface area contributed by atoms with Gasteiger partial charge >= 0.3 is 5.97 Å². The van der Waals surface area contributed by atoms with Crippen LogP contribution in [0.1, 0.15) is 42.6 Å². The van der Waals surface area contributed by atoms with Gasteiger partial charge in [0.2, 0.25) is 11.7 Å². The largest absolute Gasteiger partial charge is 0.461 e. The maximum Gasteiger partial charge on any atom is 0.358 e. The molecule has 0 aliphatic heterocycles. The van der Waals surface area contributed by atoms with Crippen LogP contribution in [0.25, 0.3) is 11.4 Å². The molecule has 9 heteroatoms. The van der Waals surface area contributed by atoms with Crippen molar-refractivity contribution in [2.75, 3.05) is 6.61 Å². The molecule has 0 aliphatic rings. The number of unbranched alkanes of at least 4 members (excludes halogenated alkanes) is 1. The van der Waals surface area contributed by atoms with Crippen LogP contribution in [0.15, 0.2) is 46.0 Å². The van der Waals surface area contributed by atoms with E-state index in [9.17, 15) is 9.59 Å². The first kappa shape index (κ1) is 19.4. The number of aryl methyl sites for hydroxylation is 2. The molecular weight excluding hydrogens is 362 g/mol. The van der Waals surface area contributed by atoms with Gasteiger partial charge in [0, 0.05) is 37.0 Å². The summed E-state index contributed by atoms with van der Waals surface area (Å²) in [5, 5.41) is 7.98. The van der Waals surface area contributed by atoms with Crippen LogP contribution in [-0.4, -0.2) is 37.5 Å². The number of rotatable bonds is 9. The average molecular weight is 383 g/mol. The second-order valence-corrected chi connectivity index (χ2v) is 6.13. The number of esters is 1. The zero-order valence-corrected chi connectivity index (χ0v) is 15.6. The highest BCUT2D eigenvalue weighted by Crippen LogP contribution is 2.14. The first-order chi connectivity index (χ1) is 13.7. The number of ether oxygens (including phenoxy) is 1. The lowest BCUT2D eigenvalue weighted by Crippen LogP contribution is -2.25. The van der Waals surface area contributed by atoms with E-state index in [0.29, 0.717) is 31.1 Å². The maximum atomic E-state index is 12.1. The predicted molar refractivity (Wildman–Crippen MR) is 99.5 cm³/mol. The third-order valence-corrected chi connectivity index (χ3v) is 3.96. The Kier molecular flexibility index (Phi) is 6.61. The first-order valence-corrected chi connectivity index (χ1v) is 9.15. The van der Waals surface area contributed by atoms with Crippen molar-refractivity contribution in [1.82, 2.24) is 24.9 Å². The van der Waals surface area contributed by atoms with Crippen molar-refractivity contribution in [2.45, 2.75) is 39.2 Å². The van der Waals surface area contributed by atoms with E-state index < -0.39 is 5.97 Å². The van der Waals surface area contributed by atoms with E-state index in [1.54, 1.807) is 18.5 Å². The molecule has 0 bridgehead atoms. The molecule has 0 amide bonds. The summed E-state index contributed by atoms with van der Waals surface area (Å²) in [5.41, 5.74) is 0.659. The molecule has 0 fully saturated rings. The van der Waals surface area contributed by atoms with Gasteiger partial charge in [-0.15, -0.1) is 0 Å². The molecule has 0 aromatic carbocycles. The van der Waals surface area contributed by atoms with Gasteiger partial charge in [-0.1, -0.05) is 18.5 Å². The molecule has 9 nitrogen and oxygen atoms in total. The molecule has 3 heterocycles. The lowest BCUT2D eigenvalue weighted by molar-refractivity contribution is 0.0488.